The van der Waals surface area contributed by atoms with Gasteiger partial charge in [-0.1, -0.05) is 48.7 Å². The molecule has 0 aliphatic carbocycles. The quantitative estimate of drug-likeness (QED) is 0.506. The van der Waals surface area contributed by atoms with Gasteiger partial charge in [0.25, 0.3) is 0 Å². The van der Waals surface area contributed by atoms with E-state index in [1.54, 1.807) is 13.8 Å². The van der Waals surface area contributed by atoms with Gasteiger partial charge in [-0.3, -0.25) is 0 Å². The molecule has 11 heteroatoms. The summed E-state index contributed by atoms with van der Waals surface area (Å²) in [5.74, 6) is -2.66. The van der Waals surface area contributed by atoms with Crippen LogP contribution in [0, 0.1) is 5.92 Å². The second-order valence-corrected chi connectivity index (χ2v) is 7.90. The SMILES string of the molecule is COC(=O)c1c(C(F)(F)F)nc(C(Cl)(Cl)Cl)c(C(=O)OC)c1CC(C)C. The van der Waals surface area contributed by atoms with Crippen LogP contribution in [0.2, 0.25) is 0 Å². The Balaban J connectivity index is 4.15. The molecule has 0 saturated carbocycles. The van der Waals surface area contributed by atoms with Crippen molar-refractivity contribution in [2.75, 3.05) is 14.2 Å². The van der Waals surface area contributed by atoms with Crippen LogP contribution in [0.25, 0.3) is 0 Å². The van der Waals surface area contributed by atoms with Crippen molar-refractivity contribution in [2.24, 2.45) is 5.92 Å². The Bertz CT molecular complexity index is 663. The maximum atomic E-state index is 13.5. The number of halogens is 6. The van der Waals surface area contributed by atoms with Crippen LogP contribution in [0.4, 0.5) is 13.2 Å². The number of rotatable bonds is 4. The van der Waals surface area contributed by atoms with E-state index in [9.17, 15) is 22.8 Å². The summed E-state index contributed by atoms with van der Waals surface area (Å²) in [6, 6.07) is 0. The van der Waals surface area contributed by atoms with Gasteiger partial charge in [-0.2, -0.15) is 13.2 Å². The van der Waals surface area contributed by atoms with Crippen LogP contribution < -0.4 is 0 Å². The Morgan fingerprint density at radius 3 is 1.73 bits per heavy atom. The summed E-state index contributed by atoms with van der Waals surface area (Å²) in [5.41, 5.74) is -4.09. The fourth-order valence-electron chi connectivity index (χ4n) is 2.30. The number of aromatic nitrogens is 1. The Morgan fingerprint density at radius 1 is 1.00 bits per heavy atom. The van der Waals surface area contributed by atoms with E-state index in [1.807, 2.05) is 0 Å². The number of methoxy groups -OCH3 is 2. The maximum Gasteiger partial charge on any atom is 0.434 e. The highest BCUT2D eigenvalue weighted by molar-refractivity contribution is 6.66. The largest absolute Gasteiger partial charge is 0.465 e. The second kappa shape index (κ2) is 8.19. The van der Waals surface area contributed by atoms with Gasteiger partial charge in [-0.25, -0.2) is 14.6 Å². The number of carbonyl (C=O) groups excluding carboxylic acids is 2. The van der Waals surface area contributed by atoms with Crippen molar-refractivity contribution < 1.29 is 32.2 Å². The second-order valence-electron chi connectivity index (χ2n) is 5.61. The van der Waals surface area contributed by atoms with Crippen molar-refractivity contribution in [3.05, 3.63) is 28.1 Å². The minimum Gasteiger partial charge on any atom is -0.465 e. The average molecular weight is 437 g/mol. The van der Waals surface area contributed by atoms with Gasteiger partial charge in [0.15, 0.2) is 5.69 Å². The first-order valence-corrected chi connectivity index (χ1v) is 8.26. The predicted molar refractivity (Wildman–Crippen MR) is 89.7 cm³/mol. The Hall–Kier alpha value is -1.25. The molecule has 0 unspecified atom stereocenters. The summed E-state index contributed by atoms with van der Waals surface area (Å²) in [5, 5.41) is 0. The molecule has 0 bridgehead atoms. The number of carbonyl (C=O) groups is 2. The third-order valence-electron chi connectivity index (χ3n) is 3.23. The average Bonchev–Trinajstić information content (AvgIpc) is 2.49. The molecule has 5 nitrogen and oxygen atoms in total. The first-order chi connectivity index (χ1) is 11.8. The highest BCUT2D eigenvalue weighted by Crippen LogP contribution is 2.44. The van der Waals surface area contributed by atoms with E-state index in [2.05, 4.69) is 14.5 Å². The van der Waals surface area contributed by atoms with Crippen molar-refractivity contribution >= 4 is 46.7 Å². The maximum absolute atomic E-state index is 13.5. The third kappa shape index (κ3) is 4.92. The molecule has 1 heterocycles. The molecule has 0 amide bonds. The first kappa shape index (κ1) is 22.8. The van der Waals surface area contributed by atoms with Gasteiger partial charge in [-0.15, -0.1) is 0 Å². The molecule has 1 rings (SSSR count). The molecule has 0 aromatic carbocycles. The van der Waals surface area contributed by atoms with E-state index in [0.29, 0.717) is 0 Å². The summed E-state index contributed by atoms with van der Waals surface area (Å²) < 4.78 is 47.2. The Morgan fingerprint density at radius 2 is 1.42 bits per heavy atom. The number of pyridine rings is 1. The lowest BCUT2D eigenvalue weighted by atomic mass is 9.91. The number of alkyl halides is 6. The van der Waals surface area contributed by atoms with E-state index in [1.165, 1.54) is 0 Å². The fourth-order valence-corrected chi connectivity index (χ4v) is 2.71. The number of esters is 2. The number of hydrogen-bond donors (Lipinski definition) is 0. The number of ether oxygens (including phenoxy) is 2. The third-order valence-corrected chi connectivity index (χ3v) is 3.77. The van der Waals surface area contributed by atoms with E-state index in [0.717, 1.165) is 14.2 Å². The molecule has 1 aromatic heterocycles. The highest BCUT2D eigenvalue weighted by atomic mass is 35.6. The zero-order chi connectivity index (χ0) is 20.4. The van der Waals surface area contributed by atoms with Crippen molar-refractivity contribution in [1.29, 1.82) is 0 Å². The summed E-state index contributed by atoms with van der Waals surface area (Å²) in [6.07, 6.45) is -5.18. The summed E-state index contributed by atoms with van der Waals surface area (Å²) in [6.45, 7) is 3.34. The molecule has 0 N–H and O–H groups in total. The number of nitrogens with zero attached hydrogens (tertiary/aromatic N) is 1. The normalized spacial score (nSPS) is 12.3. The van der Waals surface area contributed by atoms with E-state index >= 15 is 0 Å². The van der Waals surface area contributed by atoms with Crippen molar-refractivity contribution in [3.63, 3.8) is 0 Å². The fraction of sp³-hybridized carbons (Fsp3) is 0.533. The molecule has 0 fully saturated rings. The van der Waals surface area contributed by atoms with Crippen LogP contribution in [0.15, 0.2) is 0 Å². The zero-order valence-electron chi connectivity index (χ0n) is 14.1. The van der Waals surface area contributed by atoms with Crippen LogP contribution in [-0.4, -0.2) is 31.1 Å². The smallest absolute Gasteiger partial charge is 0.434 e. The van der Waals surface area contributed by atoms with E-state index in [-0.39, 0.29) is 17.9 Å². The van der Waals surface area contributed by atoms with E-state index < -0.39 is 44.4 Å². The summed E-state index contributed by atoms with van der Waals surface area (Å²) in [7, 11) is 1.90. The minimum atomic E-state index is -5.06. The minimum absolute atomic E-state index is 0.117. The standard InChI is InChI=1S/C15H15Cl3F3NO4/c1-6(2)5-7-8(12(23)25-3)10(14(16,17)18)22-11(15(19,20)21)9(7)13(24)26-4/h6H,5H2,1-4H3. The van der Waals surface area contributed by atoms with Crippen molar-refractivity contribution in [2.45, 2.75) is 30.2 Å². The van der Waals surface area contributed by atoms with Crippen LogP contribution in [0.3, 0.4) is 0 Å². The van der Waals surface area contributed by atoms with Crippen molar-refractivity contribution in [1.82, 2.24) is 4.98 Å². The van der Waals surface area contributed by atoms with Gasteiger partial charge in [0.2, 0.25) is 3.79 Å². The van der Waals surface area contributed by atoms with Gasteiger partial charge in [0.1, 0.15) is 5.69 Å². The van der Waals surface area contributed by atoms with Crippen LogP contribution in [0.5, 0.6) is 0 Å². The molecule has 0 spiro atoms. The van der Waals surface area contributed by atoms with Crippen LogP contribution in [0.1, 0.15) is 51.5 Å². The Kier molecular flexibility index (Phi) is 7.18. The van der Waals surface area contributed by atoms with Crippen LogP contribution >= 0.6 is 34.8 Å². The van der Waals surface area contributed by atoms with Gasteiger partial charge >= 0.3 is 18.1 Å². The summed E-state index contributed by atoms with van der Waals surface area (Å²) in [4.78, 5) is 27.6. The van der Waals surface area contributed by atoms with Gasteiger partial charge < -0.3 is 9.47 Å². The van der Waals surface area contributed by atoms with Gasteiger partial charge in [0.05, 0.1) is 25.3 Å². The molecular weight excluding hydrogens is 422 g/mol. The lowest BCUT2D eigenvalue weighted by Gasteiger charge is -2.23. The molecule has 146 valence electrons. The summed E-state index contributed by atoms with van der Waals surface area (Å²) >= 11 is 17.2. The lowest BCUT2D eigenvalue weighted by molar-refractivity contribution is -0.141. The van der Waals surface area contributed by atoms with Gasteiger partial charge in [0, 0.05) is 0 Å². The Labute approximate surface area is 162 Å². The molecule has 0 aliphatic rings. The zero-order valence-corrected chi connectivity index (χ0v) is 16.4. The van der Waals surface area contributed by atoms with Crippen LogP contribution in [-0.2, 0) is 25.9 Å². The molecule has 1 aromatic rings. The monoisotopic (exact) mass is 435 g/mol. The van der Waals surface area contributed by atoms with Crippen molar-refractivity contribution in [3.8, 4) is 0 Å². The molecule has 26 heavy (non-hydrogen) atoms. The predicted octanol–water partition coefficient (Wildman–Crippen LogP) is 4.70. The van der Waals surface area contributed by atoms with E-state index in [4.69, 9.17) is 34.8 Å². The van der Waals surface area contributed by atoms with Gasteiger partial charge in [-0.05, 0) is 17.9 Å². The highest BCUT2D eigenvalue weighted by Gasteiger charge is 2.44. The molecule has 0 atom stereocenters. The number of hydrogen-bond acceptors (Lipinski definition) is 5. The lowest BCUT2D eigenvalue weighted by Crippen LogP contribution is -2.27. The first-order valence-electron chi connectivity index (χ1n) is 7.13. The molecule has 0 radical (unpaired) electrons. The molecule has 0 aliphatic heterocycles. The molecular formula is C15H15Cl3F3NO4. The topological polar surface area (TPSA) is 65.5 Å². The molecule has 0 saturated heterocycles.